The van der Waals surface area contributed by atoms with E-state index in [1.54, 1.807) is 0 Å². The first-order valence-electron chi connectivity index (χ1n) is 6.66. The molecule has 0 amide bonds. The van der Waals surface area contributed by atoms with Gasteiger partial charge in [-0.1, -0.05) is 23.8 Å². The number of aliphatic carboxylic acids is 1. The maximum atomic E-state index is 11.0. The van der Waals surface area contributed by atoms with Gasteiger partial charge in [0.15, 0.2) is 0 Å². The minimum atomic E-state index is -0.696. The molecule has 1 atom stereocenters. The van der Waals surface area contributed by atoms with Crippen LogP contribution in [0.25, 0.3) is 0 Å². The number of carbonyl (C=O) groups is 1. The van der Waals surface area contributed by atoms with Gasteiger partial charge >= 0.3 is 5.97 Å². The van der Waals surface area contributed by atoms with Crippen LogP contribution in [0, 0.1) is 13.8 Å². The van der Waals surface area contributed by atoms with E-state index < -0.39 is 5.97 Å². The number of benzene rings is 1. The zero-order chi connectivity index (χ0) is 13.8. The second kappa shape index (κ2) is 6.44. The van der Waals surface area contributed by atoms with Crippen molar-refractivity contribution < 1.29 is 9.90 Å². The highest BCUT2D eigenvalue weighted by atomic mass is 32.2. The lowest BCUT2D eigenvalue weighted by Crippen LogP contribution is -2.43. The van der Waals surface area contributed by atoms with Crippen molar-refractivity contribution in [1.82, 2.24) is 4.90 Å². The molecule has 19 heavy (non-hydrogen) atoms. The fourth-order valence-corrected chi connectivity index (χ4v) is 3.61. The number of hydrogen-bond donors (Lipinski definition) is 1. The Morgan fingerprint density at radius 3 is 3.00 bits per heavy atom. The molecule has 104 valence electrons. The third kappa shape index (κ3) is 3.98. The standard InChI is InChI=1S/C15H21NO2S/c1-11-3-4-12(2)13(7-11)9-16-5-6-19-10-14(16)8-15(17)18/h3-4,7,14H,5-6,8-10H2,1-2H3,(H,17,18). The van der Waals surface area contributed by atoms with Crippen LogP contribution in [0.1, 0.15) is 23.1 Å². The quantitative estimate of drug-likeness (QED) is 0.920. The first kappa shape index (κ1) is 14.4. The van der Waals surface area contributed by atoms with E-state index in [1.165, 1.54) is 16.7 Å². The second-order valence-corrected chi connectivity index (χ2v) is 6.38. The molecular formula is C15H21NO2S. The lowest BCUT2D eigenvalue weighted by atomic mass is 10.0. The molecule has 1 saturated heterocycles. The van der Waals surface area contributed by atoms with E-state index in [2.05, 4.69) is 36.9 Å². The topological polar surface area (TPSA) is 40.5 Å². The summed E-state index contributed by atoms with van der Waals surface area (Å²) in [7, 11) is 0. The third-order valence-electron chi connectivity index (χ3n) is 3.64. The number of rotatable bonds is 4. The van der Waals surface area contributed by atoms with Gasteiger partial charge in [-0.15, -0.1) is 0 Å². The fraction of sp³-hybridized carbons (Fsp3) is 0.533. The van der Waals surface area contributed by atoms with Crippen molar-refractivity contribution in [3.63, 3.8) is 0 Å². The van der Waals surface area contributed by atoms with Crippen molar-refractivity contribution in [2.75, 3.05) is 18.1 Å². The van der Waals surface area contributed by atoms with Crippen LogP contribution in [0.5, 0.6) is 0 Å². The molecule has 0 spiro atoms. The van der Waals surface area contributed by atoms with Crippen molar-refractivity contribution >= 4 is 17.7 Å². The predicted molar refractivity (Wildman–Crippen MR) is 79.7 cm³/mol. The molecule has 0 saturated carbocycles. The van der Waals surface area contributed by atoms with Gasteiger partial charge in [0.2, 0.25) is 0 Å². The normalized spacial score (nSPS) is 20.4. The molecule has 1 unspecified atom stereocenters. The van der Waals surface area contributed by atoms with Crippen molar-refractivity contribution in [3.05, 3.63) is 34.9 Å². The highest BCUT2D eigenvalue weighted by molar-refractivity contribution is 7.99. The molecule has 0 aliphatic carbocycles. The predicted octanol–water partition coefficient (Wildman–Crippen LogP) is 2.70. The van der Waals surface area contributed by atoms with Crippen LogP contribution >= 0.6 is 11.8 Å². The lowest BCUT2D eigenvalue weighted by Gasteiger charge is -2.35. The van der Waals surface area contributed by atoms with Gasteiger partial charge in [0, 0.05) is 30.6 Å². The first-order chi connectivity index (χ1) is 9.06. The first-order valence-corrected chi connectivity index (χ1v) is 7.81. The fourth-order valence-electron chi connectivity index (χ4n) is 2.48. The number of carboxylic acids is 1. The summed E-state index contributed by atoms with van der Waals surface area (Å²) in [5.74, 6) is 1.33. The van der Waals surface area contributed by atoms with E-state index in [1.807, 2.05) is 11.8 Å². The minimum absolute atomic E-state index is 0.163. The van der Waals surface area contributed by atoms with E-state index in [4.69, 9.17) is 5.11 Å². The summed E-state index contributed by atoms with van der Waals surface area (Å²) in [6.07, 6.45) is 0.248. The van der Waals surface area contributed by atoms with E-state index in [0.717, 1.165) is 24.6 Å². The second-order valence-electron chi connectivity index (χ2n) is 5.23. The monoisotopic (exact) mass is 279 g/mol. The molecule has 1 aromatic carbocycles. The van der Waals surface area contributed by atoms with E-state index >= 15 is 0 Å². The van der Waals surface area contributed by atoms with Crippen molar-refractivity contribution in [1.29, 1.82) is 0 Å². The van der Waals surface area contributed by atoms with Crippen LogP contribution in [0.2, 0.25) is 0 Å². The summed E-state index contributed by atoms with van der Waals surface area (Å²) in [6, 6.07) is 6.65. The average molecular weight is 279 g/mol. The van der Waals surface area contributed by atoms with Crippen molar-refractivity contribution in [3.8, 4) is 0 Å². The van der Waals surface area contributed by atoms with Crippen LogP contribution in [-0.4, -0.2) is 40.1 Å². The molecule has 0 radical (unpaired) electrons. The maximum absolute atomic E-state index is 11.0. The summed E-state index contributed by atoms with van der Waals surface area (Å²) in [4.78, 5) is 13.3. The van der Waals surface area contributed by atoms with E-state index in [0.29, 0.717) is 0 Å². The van der Waals surface area contributed by atoms with Gasteiger partial charge in [-0.3, -0.25) is 9.69 Å². The van der Waals surface area contributed by atoms with E-state index in [9.17, 15) is 4.79 Å². The Balaban J connectivity index is 2.10. The average Bonchev–Trinajstić information content (AvgIpc) is 2.35. The maximum Gasteiger partial charge on any atom is 0.304 e. The molecule has 3 nitrogen and oxygen atoms in total. The molecule has 1 fully saturated rings. The SMILES string of the molecule is Cc1ccc(C)c(CN2CCSCC2CC(=O)O)c1. The Hall–Kier alpha value is -1.00. The zero-order valence-electron chi connectivity index (χ0n) is 11.6. The van der Waals surface area contributed by atoms with Crippen LogP contribution in [0.3, 0.4) is 0 Å². The summed E-state index contributed by atoms with van der Waals surface area (Å²) in [5, 5.41) is 9.01. The van der Waals surface area contributed by atoms with Gasteiger partial charge in [0.1, 0.15) is 0 Å². The smallest absolute Gasteiger partial charge is 0.304 e. The largest absolute Gasteiger partial charge is 0.481 e. The molecule has 0 bridgehead atoms. The Morgan fingerprint density at radius 1 is 1.47 bits per heavy atom. The lowest BCUT2D eigenvalue weighted by molar-refractivity contribution is -0.138. The highest BCUT2D eigenvalue weighted by Gasteiger charge is 2.25. The van der Waals surface area contributed by atoms with Gasteiger partial charge in [-0.05, 0) is 25.0 Å². The van der Waals surface area contributed by atoms with Crippen LogP contribution in [0.15, 0.2) is 18.2 Å². The Morgan fingerprint density at radius 2 is 2.26 bits per heavy atom. The number of nitrogens with zero attached hydrogens (tertiary/aromatic N) is 1. The Labute approximate surface area is 119 Å². The summed E-state index contributed by atoms with van der Waals surface area (Å²) < 4.78 is 0. The number of thioether (sulfide) groups is 1. The minimum Gasteiger partial charge on any atom is -0.481 e. The van der Waals surface area contributed by atoms with Crippen molar-refractivity contribution in [2.45, 2.75) is 32.9 Å². The molecule has 1 N–H and O–H groups in total. The number of hydrogen-bond acceptors (Lipinski definition) is 3. The highest BCUT2D eigenvalue weighted by Crippen LogP contribution is 2.22. The zero-order valence-corrected chi connectivity index (χ0v) is 12.4. The molecule has 1 aliphatic rings. The molecule has 1 aliphatic heterocycles. The van der Waals surface area contributed by atoms with Gasteiger partial charge in [0.05, 0.1) is 6.42 Å². The Kier molecular flexibility index (Phi) is 4.88. The number of aryl methyl sites for hydroxylation is 2. The van der Waals surface area contributed by atoms with Crippen LogP contribution in [-0.2, 0) is 11.3 Å². The van der Waals surface area contributed by atoms with Gasteiger partial charge in [0.25, 0.3) is 0 Å². The molecule has 4 heteroatoms. The van der Waals surface area contributed by atoms with Gasteiger partial charge in [-0.25, -0.2) is 0 Å². The third-order valence-corrected chi connectivity index (χ3v) is 4.73. The van der Waals surface area contributed by atoms with Gasteiger partial charge in [-0.2, -0.15) is 11.8 Å². The molecule has 1 heterocycles. The molecule has 0 aromatic heterocycles. The molecule has 2 rings (SSSR count). The summed E-state index contributed by atoms with van der Waals surface area (Å²) in [5.41, 5.74) is 3.88. The summed E-state index contributed by atoms with van der Waals surface area (Å²) in [6.45, 7) is 6.07. The van der Waals surface area contributed by atoms with Crippen LogP contribution in [0.4, 0.5) is 0 Å². The van der Waals surface area contributed by atoms with Crippen LogP contribution < -0.4 is 0 Å². The van der Waals surface area contributed by atoms with Crippen molar-refractivity contribution in [2.24, 2.45) is 0 Å². The Bertz CT molecular complexity index is 461. The van der Waals surface area contributed by atoms with E-state index in [-0.39, 0.29) is 12.5 Å². The summed E-state index contributed by atoms with van der Waals surface area (Å²) >= 11 is 1.86. The molecule has 1 aromatic rings. The number of carboxylic acid groups (broad SMARTS) is 1. The molecular weight excluding hydrogens is 258 g/mol. The van der Waals surface area contributed by atoms with Gasteiger partial charge < -0.3 is 5.11 Å².